The molecule has 8 nitrogen and oxygen atoms in total. The number of nitriles is 1. The monoisotopic (exact) mass is 477 g/mol. The zero-order chi connectivity index (χ0) is 21.6. The van der Waals surface area contributed by atoms with Gasteiger partial charge < -0.3 is 10.1 Å². The van der Waals surface area contributed by atoms with Crippen molar-refractivity contribution in [1.82, 2.24) is 0 Å². The second-order valence-electron chi connectivity index (χ2n) is 5.96. The third-order valence-electron chi connectivity index (χ3n) is 3.77. The second kappa shape index (κ2) is 10.0. The maximum Gasteiger partial charge on any atom is 0.316 e. The number of nitro groups is 1. The Morgan fingerprint density at radius 1 is 1.28 bits per heavy atom. The van der Waals surface area contributed by atoms with Crippen LogP contribution in [0.4, 0.5) is 11.4 Å². The number of nitrogens with zero attached hydrogens (tertiary/aromatic N) is 2. The van der Waals surface area contributed by atoms with Crippen LogP contribution in [0.3, 0.4) is 0 Å². The smallest absolute Gasteiger partial charge is 0.316 e. The summed E-state index contributed by atoms with van der Waals surface area (Å²) in [7, 11) is 0. The first-order chi connectivity index (χ1) is 13.7. The summed E-state index contributed by atoms with van der Waals surface area (Å²) >= 11 is 4.76. The second-order valence-corrected chi connectivity index (χ2v) is 7.83. The molecule has 0 bridgehead atoms. The molecule has 0 unspecified atom stereocenters. The number of esters is 1. The van der Waals surface area contributed by atoms with Gasteiger partial charge in [-0.2, -0.15) is 5.26 Å². The molecule has 0 radical (unpaired) electrons. The first-order valence-electron chi connectivity index (χ1n) is 8.25. The van der Waals surface area contributed by atoms with Crippen molar-refractivity contribution in [2.75, 3.05) is 17.7 Å². The van der Waals surface area contributed by atoms with Crippen molar-refractivity contribution in [2.24, 2.45) is 0 Å². The van der Waals surface area contributed by atoms with E-state index in [1.165, 1.54) is 23.9 Å². The SMILES string of the molecule is Cc1cc(SCC(=O)OCC(=O)Nc2ccc([N+](=O)[O-])cc2C#N)c(C)cc1Br. The number of carbonyl (C=O) groups is 2. The van der Waals surface area contributed by atoms with E-state index in [0.717, 1.165) is 26.6 Å². The molecule has 0 atom stereocenters. The van der Waals surface area contributed by atoms with E-state index in [-0.39, 0.29) is 22.7 Å². The van der Waals surface area contributed by atoms with Gasteiger partial charge in [0, 0.05) is 21.5 Å². The van der Waals surface area contributed by atoms with E-state index in [2.05, 4.69) is 21.2 Å². The minimum absolute atomic E-state index is 0.0379. The molecule has 29 heavy (non-hydrogen) atoms. The third kappa shape index (κ3) is 6.30. The van der Waals surface area contributed by atoms with Crippen molar-refractivity contribution in [1.29, 1.82) is 5.26 Å². The van der Waals surface area contributed by atoms with E-state index in [1.807, 2.05) is 26.0 Å². The Hall–Kier alpha value is -2.90. The maximum absolute atomic E-state index is 12.0. The number of aryl methyl sites for hydroxylation is 2. The Bertz CT molecular complexity index is 1020. The van der Waals surface area contributed by atoms with Crippen LogP contribution in [-0.2, 0) is 14.3 Å². The van der Waals surface area contributed by atoms with E-state index in [4.69, 9.17) is 10.00 Å². The highest BCUT2D eigenvalue weighted by atomic mass is 79.9. The average Bonchev–Trinajstić information content (AvgIpc) is 2.68. The summed E-state index contributed by atoms with van der Waals surface area (Å²) in [6.07, 6.45) is 0. The lowest BCUT2D eigenvalue weighted by molar-refractivity contribution is -0.384. The number of non-ortho nitro benzene ring substituents is 1. The van der Waals surface area contributed by atoms with Crippen molar-refractivity contribution in [3.05, 3.63) is 61.6 Å². The predicted octanol–water partition coefficient (Wildman–Crippen LogP) is 4.12. The van der Waals surface area contributed by atoms with Crippen molar-refractivity contribution in [2.45, 2.75) is 18.7 Å². The van der Waals surface area contributed by atoms with Gasteiger partial charge in [-0.3, -0.25) is 19.7 Å². The number of hydrogen-bond acceptors (Lipinski definition) is 7. The lowest BCUT2D eigenvalue weighted by Gasteiger charge is -2.09. The fourth-order valence-electron chi connectivity index (χ4n) is 2.27. The van der Waals surface area contributed by atoms with Crippen LogP contribution in [0.15, 0.2) is 39.7 Å². The zero-order valence-electron chi connectivity index (χ0n) is 15.5. The Balaban J connectivity index is 1.88. The topological polar surface area (TPSA) is 122 Å². The summed E-state index contributed by atoms with van der Waals surface area (Å²) in [5.74, 6) is -1.17. The molecular formula is C19H16BrN3O5S. The molecule has 0 aliphatic carbocycles. The van der Waals surface area contributed by atoms with Crippen LogP contribution >= 0.6 is 27.7 Å². The fourth-order valence-corrected chi connectivity index (χ4v) is 3.63. The fraction of sp³-hybridized carbons (Fsp3) is 0.211. The van der Waals surface area contributed by atoms with E-state index < -0.39 is 23.4 Å². The largest absolute Gasteiger partial charge is 0.455 e. The van der Waals surface area contributed by atoms with Gasteiger partial charge in [0.2, 0.25) is 0 Å². The molecule has 1 N–H and O–H groups in total. The average molecular weight is 478 g/mol. The van der Waals surface area contributed by atoms with E-state index in [0.29, 0.717) is 0 Å². The van der Waals surface area contributed by atoms with E-state index in [9.17, 15) is 19.7 Å². The van der Waals surface area contributed by atoms with Gasteiger partial charge in [0.05, 0.1) is 21.9 Å². The number of anilines is 1. The maximum atomic E-state index is 12.0. The number of carbonyl (C=O) groups excluding carboxylic acids is 2. The van der Waals surface area contributed by atoms with Crippen molar-refractivity contribution in [3.8, 4) is 6.07 Å². The molecule has 0 saturated carbocycles. The van der Waals surface area contributed by atoms with Crippen LogP contribution in [0, 0.1) is 35.3 Å². The molecule has 2 aromatic carbocycles. The van der Waals surface area contributed by atoms with Crippen LogP contribution < -0.4 is 5.32 Å². The normalized spacial score (nSPS) is 10.1. The Morgan fingerprint density at radius 3 is 2.66 bits per heavy atom. The molecule has 0 saturated heterocycles. The first kappa shape index (κ1) is 22.4. The van der Waals surface area contributed by atoms with E-state index >= 15 is 0 Å². The third-order valence-corrected chi connectivity index (χ3v) is 5.76. The summed E-state index contributed by atoms with van der Waals surface area (Å²) in [5, 5.41) is 22.2. The molecule has 0 spiro atoms. The van der Waals surface area contributed by atoms with Gasteiger partial charge in [-0.1, -0.05) is 15.9 Å². The first-order valence-corrected chi connectivity index (χ1v) is 10.0. The van der Waals surface area contributed by atoms with Crippen LogP contribution in [0.5, 0.6) is 0 Å². The molecule has 0 aliphatic rings. The van der Waals surface area contributed by atoms with Crippen LogP contribution in [0.2, 0.25) is 0 Å². The minimum Gasteiger partial charge on any atom is -0.455 e. The van der Waals surface area contributed by atoms with E-state index in [1.54, 1.807) is 6.07 Å². The zero-order valence-corrected chi connectivity index (χ0v) is 17.9. The molecule has 0 heterocycles. The van der Waals surface area contributed by atoms with Gasteiger partial charge >= 0.3 is 5.97 Å². The van der Waals surface area contributed by atoms with Crippen molar-refractivity contribution >= 4 is 50.9 Å². The molecule has 2 aromatic rings. The summed E-state index contributed by atoms with van der Waals surface area (Å²) < 4.78 is 5.94. The number of amides is 1. The highest BCUT2D eigenvalue weighted by Crippen LogP contribution is 2.28. The van der Waals surface area contributed by atoms with Gasteiger partial charge in [-0.25, -0.2) is 0 Å². The number of rotatable bonds is 7. The van der Waals surface area contributed by atoms with Crippen molar-refractivity contribution in [3.63, 3.8) is 0 Å². The number of thioether (sulfide) groups is 1. The highest BCUT2D eigenvalue weighted by molar-refractivity contribution is 9.10. The van der Waals surface area contributed by atoms with Gasteiger partial charge in [-0.15, -0.1) is 11.8 Å². The number of ether oxygens (including phenoxy) is 1. The summed E-state index contributed by atoms with van der Waals surface area (Å²) in [6, 6.07) is 9.19. The standard InChI is InChI=1S/C19H16BrN3O5S/c1-11-6-17(12(2)5-15(11)20)29-10-19(25)28-9-18(24)22-16-4-3-14(23(26)27)7-13(16)8-21/h3-7H,9-10H2,1-2H3,(H,22,24). The Morgan fingerprint density at radius 2 is 2.00 bits per heavy atom. The predicted molar refractivity (Wildman–Crippen MR) is 112 cm³/mol. The number of benzene rings is 2. The number of nitro benzene ring substituents is 1. The van der Waals surface area contributed by atoms with Crippen LogP contribution in [0.1, 0.15) is 16.7 Å². The molecule has 2 rings (SSSR count). The number of hydrogen-bond donors (Lipinski definition) is 1. The number of halogens is 1. The Labute approximate surface area is 179 Å². The highest BCUT2D eigenvalue weighted by Gasteiger charge is 2.14. The molecule has 0 fully saturated rings. The molecule has 150 valence electrons. The summed E-state index contributed by atoms with van der Waals surface area (Å²) in [6.45, 7) is 3.35. The minimum atomic E-state index is -0.649. The quantitative estimate of drug-likeness (QED) is 0.275. The van der Waals surface area contributed by atoms with Crippen LogP contribution in [-0.4, -0.2) is 29.2 Å². The van der Waals surface area contributed by atoms with Gasteiger partial charge in [0.1, 0.15) is 6.07 Å². The van der Waals surface area contributed by atoms with Gasteiger partial charge in [-0.05, 0) is 43.2 Å². The molecule has 0 aliphatic heterocycles. The lowest BCUT2D eigenvalue weighted by atomic mass is 10.1. The van der Waals surface area contributed by atoms with Gasteiger partial charge in [0.25, 0.3) is 11.6 Å². The Kier molecular flexibility index (Phi) is 7.75. The summed E-state index contributed by atoms with van der Waals surface area (Å²) in [4.78, 5) is 34.9. The lowest BCUT2D eigenvalue weighted by Crippen LogP contribution is -2.22. The molecular weight excluding hydrogens is 462 g/mol. The van der Waals surface area contributed by atoms with Crippen LogP contribution in [0.25, 0.3) is 0 Å². The van der Waals surface area contributed by atoms with Crippen molar-refractivity contribution < 1.29 is 19.2 Å². The van der Waals surface area contributed by atoms with Gasteiger partial charge in [0.15, 0.2) is 6.61 Å². The summed E-state index contributed by atoms with van der Waals surface area (Å²) in [5.41, 5.74) is 1.84. The number of nitrogens with one attached hydrogen (secondary N) is 1. The molecule has 1 amide bonds. The molecule has 10 heteroatoms. The molecule has 0 aromatic heterocycles.